The first kappa shape index (κ1) is 25.3. The maximum atomic E-state index is 12.7. The number of piperidine rings is 1. The van der Waals surface area contributed by atoms with Gasteiger partial charge in [-0.2, -0.15) is 13.2 Å². The summed E-state index contributed by atoms with van der Waals surface area (Å²) in [5, 5.41) is 24.5. The summed E-state index contributed by atoms with van der Waals surface area (Å²) in [6, 6.07) is 3.47. The third-order valence-electron chi connectivity index (χ3n) is 7.62. The van der Waals surface area contributed by atoms with Crippen LogP contribution in [-0.4, -0.2) is 58.0 Å². The highest BCUT2D eigenvalue weighted by Crippen LogP contribution is 2.56. The highest BCUT2D eigenvalue weighted by molar-refractivity contribution is 5.94. The van der Waals surface area contributed by atoms with Crippen molar-refractivity contribution in [3.05, 3.63) is 29.3 Å². The van der Waals surface area contributed by atoms with Crippen molar-refractivity contribution in [1.82, 2.24) is 10.2 Å². The van der Waals surface area contributed by atoms with Crippen LogP contribution in [0.2, 0.25) is 0 Å². The molecule has 0 spiro atoms. The Morgan fingerprint density at radius 1 is 1.30 bits per heavy atom. The summed E-state index contributed by atoms with van der Waals surface area (Å²) in [7, 11) is 0. The van der Waals surface area contributed by atoms with Gasteiger partial charge in [-0.25, -0.2) is 4.79 Å². The van der Waals surface area contributed by atoms with Crippen LogP contribution in [0.4, 0.5) is 18.0 Å². The number of nitrogens with zero attached hydrogens (tertiary/aromatic N) is 1. The zero-order chi connectivity index (χ0) is 24.6. The molecule has 2 fully saturated rings. The Hall–Kier alpha value is -2.33. The summed E-state index contributed by atoms with van der Waals surface area (Å²) >= 11 is 0. The Kier molecular flexibility index (Phi) is 7.00. The van der Waals surface area contributed by atoms with E-state index in [9.17, 15) is 33.0 Å². The lowest BCUT2D eigenvalue weighted by atomic mass is 9.51. The van der Waals surface area contributed by atoms with Crippen molar-refractivity contribution in [2.24, 2.45) is 11.7 Å². The number of nitrogens with two attached hydrogens (primary N) is 1. The fourth-order valence-electron chi connectivity index (χ4n) is 5.93. The summed E-state index contributed by atoms with van der Waals surface area (Å²) in [6.07, 6.45) is -4.04. The minimum Gasteiger partial charge on any atom is -0.508 e. The number of nitrogens with one attached hydrogen (secondary N) is 1. The standard InChI is InChI=1S/C23H32F3N3O4/c1-14-4-5-17(30)12-18(14)21-9-11-29(10-3-7-23(24,25)26)15(2)22(21,33)8-6-16(13-21)19(31)28-20(27)32/h4-5,12,15-16,30,33H,3,6-11,13H2,1-2H3,(H3,27,28,31,32). The van der Waals surface area contributed by atoms with Gasteiger partial charge in [0.2, 0.25) is 5.91 Å². The van der Waals surface area contributed by atoms with Gasteiger partial charge in [-0.3, -0.25) is 15.0 Å². The second kappa shape index (κ2) is 9.13. The zero-order valence-electron chi connectivity index (χ0n) is 18.9. The van der Waals surface area contributed by atoms with Gasteiger partial charge in [-0.15, -0.1) is 0 Å². The predicted molar refractivity (Wildman–Crippen MR) is 115 cm³/mol. The highest BCUT2D eigenvalue weighted by atomic mass is 19.4. The number of phenols is 1. The maximum absolute atomic E-state index is 12.7. The number of aliphatic hydroxyl groups is 1. The number of likely N-dealkylation sites (tertiary alicyclic amines) is 1. The molecule has 1 aromatic rings. The minimum absolute atomic E-state index is 0.0243. The molecule has 7 nitrogen and oxygen atoms in total. The average Bonchev–Trinajstić information content (AvgIpc) is 2.71. The van der Waals surface area contributed by atoms with Crippen LogP contribution in [0.15, 0.2) is 18.2 Å². The summed E-state index contributed by atoms with van der Waals surface area (Å²) in [4.78, 5) is 25.7. The van der Waals surface area contributed by atoms with Crippen LogP contribution in [-0.2, 0) is 10.2 Å². The first-order valence-electron chi connectivity index (χ1n) is 11.2. The quantitative estimate of drug-likeness (QED) is 0.527. The van der Waals surface area contributed by atoms with Gasteiger partial charge in [-0.1, -0.05) is 6.07 Å². The number of hydrogen-bond acceptors (Lipinski definition) is 5. The molecule has 0 bridgehead atoms. The third kappa shape index (κ3) is 4.96. The minimum atomic E-state index is -4.23. The van der Waals surface area contributed by atoms with Crippen molar-refractivity contribution in [3.8, 4) is 5.75 Å². The molecule has 4 unspecified atom stereocenters. The smallest absolute Gasteiger partial charge is 0.389 e. The summed E-state index contributed by atoms with van der Waals surface area (Å²) in [6.45, 7) is 4.30. The van der Waals surface area contributed by atoms with Crippen molar-refractivity contribution in [2.45, 2.75) is 75.6 Å². The SMILES string of the molecule is Cc1ccc(O)cc1C12CCN(CCCC(F)(F)F)C(C)C1(O)CCC(C(=O)NC(N)=O)C2. The number of carbonyl (C=O) groups excluding carboxylic acids is 2. The Labute approximate surface area is 191 Å². The largest absolute Gasteiger partial charge is 0.508 e. The Morgan fingerprint density at radius 3 is 2.64 bits per heavy atom. The van der Waals surface area contributed by atoms with Gasteiger partial charge in [0.1, 0.15) is 5.75 Å². The van der Waals surface area contributed by atoms with Gasteiger partial charge in [0.05, 0.1) is 5.60 Å². The molecule has 1 heterocycles. The average molecular weight is 472 g/mol. The van der Waals surface area contributed by atoms with Crippen molar-refractivity contribution >= 4 is 11.9 Å². The van der Waals surface area contributed by atoms with E-state index in [4.69, 9.17) is 5.73 Å². The lowest BCUT2D eigenvalue weighted by Crippen LogP contribution is -2.70. The monoisotopic (exact) mass is 471 g/mol. The topological polar surface area (TPSA) is 116 Å². The second-order valence-electron chi connectivity index (χ2n) is 9.48. The molecule has 4 atom stereocenters. The second-order valence-corrected chi connectivity index (χ2v) is 9.48. The van der Waals surface area contributed by atoms with E-state index < -0.39 is 47.5 Å². The molecule has 1 aliphatic carbocycles. The normalized spacial score (nSPS) is 30.5. The van der Waals surface area contributed by atoms with E-state index in [1.807, 2.05) is 18.7 Å². The van der Waals surface area contributed by atoms with E-state index in [0.29, 0.717) is 24.9 Å². The molecule has 1 saturated carbocycles. The Balaban J connectivity index is 1.97. The van der Waals surface area contributed by atoms with E-state index in [-0.39, 0.29) is 31.6 Å². The van der Waals surface area contributed by atoms with Crippen LogP contribution in [0.3, 0.4) is 0 Å². The van der Waals surface area contributed by atoms with Crippen LogP contribution in [0.5, 0.6) is 5.75 Å². The number of primary amides is 1. The molecular formula is C23H32F3N3O4. The number of fused-ring (bicyclic) bond motifs is 1. The number of urea groups is 1. The number of amides is 3. The molecule has 3 rings (SSSR count). The number of halogens is 3. The van der Waals surface area contributed by atoms with Crippen molar-refractivity contribution in [1.29, 1.82) is 0 Å². The highest BCUT2D eigenvalue weighted by Gasteiger charge is 2.61. The summed E-state index contributed by atoms with van der Waals surface area (Å²) in [5.41, 5.74) is 4.40. The van der Waals surface area contributed by atoms with Gasteiger partial charge in [0, 0.05) is 23.8 Å². The number of phenolic OH excluding ortho intramolecular Hbond substituents is 1. The lowest BCUT2D eigenvalue weighted by Gasteiger charge is -2.61. The van der Waals surface area contributed by atoms with E-state index in [1.54, 1.807) is 18.2 Å². The number of benzene rings is 1. The molecule has 1 saturated heterocycles. The van der Waals surface area contributed by atoms with Crippen LogP contribution >= 0.6 is 0 Å². The van der Waals surface area contributed by atoms with Gasteiger partial charge in [0.25, 0.3) is 0 Å². The van der Waals surface area contributed by atoms with Crippen LogP contribution < -0.4 is 11.1 Å². The van der Waals surface area contributed by atoms with Crippen LogP contribution in [0.1, 0.15) is 56.6 Å². The predicted octanol–water partition coefficient (Wildman–Crippen LogP) is 3.10. The van der Waals surface area contributed by atoms with Crippen molar-refractivity contribution in [3.63, 3.8) is 0 Å². The van der Waals surface area contributed by atoms with Crippen molar-refractivity contribution < 1.29 is 33.0 Å². The Bertz CT molecular complexity index is 909. The van der Waals surface area contributed by atoms with Gasteiger partial charge < -0.3 is 15.9 Å². The van der Waals surface area contributed by atoms with Gasteiger partial charge in [-0.05, 0) is 82.3 Å². The molecule has 0 aromatic heterocycles. The maximum Gasteiger partial charge on any atom is 0.389 e. The number of rotatable bonds is 5. The summed E-state index contributed by atoms with van der Waals surface area (Å²) in [5.74, 6) is -1.07. The molecule has 0 radical (unpaired) electrons. The van der Waals surface area contributed by atoms with E-state index in [0.717, 1.165) is 5.56 Å². The number of hydrogen-bond donors (Lipinski definition) is 4. The van der Waals surface area contributed by atoms with E-state index in [2.05, 4.69) is 5.32 Å². The summed E-state index contributed by atoms with van der Waals surface area (Å²) < 4.78 is 38.0. The van der Waals surface area contributed by atoms with Gasteiger partial charge >= 0.3 is 12.2 Å². The molecule has 5 N–H and O–H groups in total. The van der Waals surface area contributed by atoms with Crippen LogP contribution in [0.25, 0.3) is 0 Å². The number of carbonyl (C=O) groups is 2. The molecule has 1 aromatic carbocycles. The molecule has 33 heavy (non-hydrogen) atoms. The molecule has 2 aliphatic rings. The van der Waals surface area contributed by atoms with Crippen LogP contribution in [0, 0.1) is 12.8 Å². The number of aryl methyl sites for hydroxylation is 1. The first-order chi connectivity index (χ1) is 15.3. The zero-order valence-corrected chi connectivity index (χ0v) is 18.9. The molecule has 1 aliphatic heterocycles. The third-order valence-corrected chi connectivity index (χ3v) is 7.62. The number of aromatic hydroxyl groups is 1. The molecule has 3 amide bonds. The van der Waals surface area contributed by atoms with E-state index in [1.165, 1.54) is 0 Å². The van der Waals surface area contributed by atoms with Gasteiger partial charge in [0.15, 0.2) is 0 Å². The first-order valence-corrected chi connectivity index (χ1v) is 11.2. The molecular weight excluding hydrogens is 439 g/mol. The Morgan fingerprint density at radius 2 is 2.00 bits per heavy atom. The molecule has 10 heteroatoms. The fourth-order valence-corrected chi connectivity index (χ4v) is 5.93. The number of imide groups is 1. The fraction of sp³-hybridized carbons (Fsp3) is 0.652. The van der Waals surface area contributed by atoms with E-state index >= 15 is 0 Å². The lowest BCUT2D eigenvalue weighted by molar-refractivity contribution is -0.169. The van der Waals surface area contributed by atoms with Crippen molar-refractivity contribution in [2.75, 3.05) is 13.1 Å². The molecule has 184 valence electrons. The number of alkyl halides is 3.